The molecule has 2 N–H and O–H groups in total. The number of carbonyl (C=O) groups is 1. The number of imidazole rings is 1. The first kappa shape index (κ1) is 12.0. The summed E-state index contributed by atoms with van der Waals surface area (Å²) in [6.45, 7) is 0. The molecule has 0 radical (unpaired) electrons. The summed E-state index contributed by atoms with van der Waals surface area (Å²) in [7, 11) is 1.54. The zero-order chi connectivity index (χ0) is 13.9. The lowest BCUT2D eigenvalue weighted by atomic mass is 10.2. The van der Waals surface area contributed by atoms with Gasteiger partial charge < -0.3 is 5.32 Å². The average Bonchev–Trinajstić information content (AvgIpc) is 2.89. The van der Waals surface area contributed by atoms with Crippen LogP contribution >= 0.6 is 0 Å². The van der Waals surface area contributed by atoms with Gasteiger partial charge in [-0.3, -0.25) is 5.32 Å². The van der Waals surface area contributed by atoms with Gasteiger partial charge in [0.2, 0.25) is 0 Å². The summed E-state index contributed by atoms with van der Waals surface area (Å²) in [5, 5.41) is 9.45. The van der Waals surface area contributed by atoms with Crippen molar-refractivity contribution in [3.05, 3.63) is 37.1 Å². The third-order valence-corrected chi connectivity index (χ3v) is 2.65. The van der Waals surface area contributed by atoms with Crippen LogP contribution in [0.4, 0.5) is 10.6 Å². The summed E-state index contributed by atoms with van der Waals surface area (Å²) in [4.78, 5) is 23.4. The van der Waals surface area contributed by atoms with Gasteiger partial charge in [-0.15, -0.1) is 0 Å². The van der Waals surface area contributed by atoms with Crippen molar-refractivity contribution in [1.29, 1.82) is 0 Å². The number of carbonyl (C=O) groups excluding carboxylic acids is 1. The lowest BCUT2D eigenvalue weighted by Crippen LogP contribution is -2.24. The minimum Gasteiger partial charge on any atom is -0.341 e. The number of fused-ring (bicyclic) bond motifs is 1. The van der Waals surface area contributed by atoms with E-state index >= 15 is 0 Å². The van der Waals surface area contributed by atoms with E-state index < -0.39 is 0 Å². The van der Waals surface area contributed by atoms with Gasteiger partial charge >= 0.3 is 6.03 Å². The first-order valence-electron chi connectivity index (χ1n) is 5.87. The number of aromatic nitrogens is 5. The summed E-state index contributed by atoms with van der Waals surface area (Å²) in [6.07, 6.45) is 6.46. The lowest BCUT2D eigenvalue weighted by Gasteiger charge is -1.99. The van der Waals surface area contributed by atoms with E-state index in [1.54, 1.807) is 23.1 Å². The van der Waals surface area contributed by atoms with E-state index in [1.807, 2.05) is 12.1 Å². The highest BCUT2D eigenvalue weighted by atomic mass is 16.2. The number of hydrogen-bond acceptors (Lipinski definition) is 5. The number of nitrogens with zero attached hydrogens (tertiary/aromatic N) is 5. The second-order valence-corrected chi connectivity index (χ2v) is 3.98. The van der Waals surface area contributed by atoms with E-state index in [4.69, 9.17) is 0 Å². The van der Waals surface area contributed by atoms with E-state index in [0.29, 0.717) is 11.5 Å². The van der Waals surface area contributed by atoms with Crippen LogP contribution in [0.25, 0.3) is 16.9 Å². The van der Waals surface area contributed by atoms with Crippen LogP contribution in [-0.4, -0.2) is 37.6 Å². The van der Waals surface area contributed by atoms with Gasteiger partial charge in [-0.05, 0) is 12.1 Å². The minimum absolute atomic E-state index is 0.329. The van der Waals surface area contributed by atoms with E-state index in [9.17, 15) is 4.79 Å². The zero-order valence-corrected chi connectivity index (χ0v) is 10.6. The van der Waals surface area contributed by atoms with Crippen molar-refractivity contribution < 1.29 is 4.79 Å². The monoisotopic (exact) mass is 269 g/mol. The van der Waals surface area contributed by atoms with Crippen molar-refractivity contribution in [3.8, 4) is 11.3 Å². The Hall–Kier alpha value is -3.03. The second kappa shape index (κ2) is 4.92. The molecule has 0 aliphatic carbocycles. The Balaban J connectivity index is 1.97. The number of nitrogens with one attached hydrogen (secondary N) is 2. The molecule has 0 aromatic carbocycles. The number of amides is 2. The number of anilines is 1. The Morgan fingerprint density at radius 2 is 2.05 bits per heavy atom. The van der Waals surface area contributed by atoms with Crippen LogP contribution in [-0.2, 0) is 0 Å². The highest BCUT2D eigenvalue weighted by Crippen LogP contribution is 2.16. The van der Waals surface area contributed by atoms with Crippen molar-refractivity contribution in [2.45, 2.75) is 0 Å². The van der Waals surface area contributed by atoms with Gasteiger partial charge in [0.1, 0.15) is 6.33 Å². The Bertz CT molecular complexity index is 753. The van der Waals surface area contributed by atoms with Crippen LogP contribution in [0.3, 0.4) is 0 Å². The molecule has 0 saturated heterocycles. The first-order chi connectivity index (χ1) is 9.76. The molecule has 0 aliphatic heterocycles. The molecule has 0 spiro atoms. The highest BCUT2D eigenvalue weighted by molar-refractivity contribution is 5.88. The van der Waals surface area contributed by atoms with Crippen LogP contribution in [0, 0.1) is 0 Å². The Labute approximate surface area is 113 Å². The largest absolute Gasteiger partial charge is 0.341 e. The van der Waals surface area contributed by atoms with E-state index in [-0.39, 0.29) is 6.03 Å². The fraction of sp³-hybridized carbons (Fsp3) is 0.0833. The van der Waals surface area contributed by atoms with Crippen molar-refractivity contribution in [2.24, 2.45) is 0 Å². The summed E-state index contributed by atoms with van der Waals surface area (Å²) < 4.78 is 1.59. The molecule has 8 heteroatoms. The molecule has 0 fully saturated rings. The molecule has 3 heterocycles. The maximum absolute atomic E-state index is 11.2. The molecule has 0 atom stereocenters. The summed E-state index contributed by atoms with van der Waals surface area (Å²) >= 11 is 0. The Morgan fingerprint density at radius 1 is 1.25 bits per heavy atom. The van der Waals surface area contributed by atoms with Gasteiger partial charge in [-0.2, -0.15) is 5.10 Å². The molecule has 3 rings (SSSR count). The molecule has 100 valence electrons. The van der Waals surface area contributed by atoms with Crippen LogP contribution < -0.4 is 10.6 Å². The molecule has 20 heavy (non-hydrogen) atoms. The minimum atomic E-state index is -0.329. The standard InChI is InChI=1S/C12H11N7O/c1-13-12(20)17-10-6-19-11(16-10)3-2-9(18-19)8-4-14-7-15-5-8/h2-7H,1H3,(H2,13,17,20). The molecule has 0 bridgehead atoms. The number of urea groups is 1. The van der Waals surface area contributed by atoms with E-state index in [2.05, 4.69) is 30.7 Å². The topological polar surface area (TPSA) is 97.1 Å². The van der Waals surface area contributed by atoms with Gasteiger partial charge in [0.25, 0.3) is 0 Å². The third kappa shape index (κ3) is 2.26. The fourth-order valence-electron chi connectivity index (χ4n) is 1.71. The molecule has 3 aromatic heterocycles. The highest BCUT2D eigenvalue weighted by Gasteiger charge is 2.07. The normalized spacial score (nSPS) is 10.4. The average molecular weight is 269 g/mol. The third-order valence-electron chi connectivity index (χ3n) is 2.65. The molecule has 2 amide bonds. The maximum Gasteiger partial charge on any atom is 0.320 e. The predicted molar refractivity (Wildman–Crippen MR) is 72.1 cm³/mol. The van der Waals surface area contributed by atoms with Crippen molar-refractivity contribution in [1.82, 2.24) is 29.9 Å². The lowest BCUT2D eigenvalue weighted by molar-refractivity contribution is 0.254. The molecule has 0 unspecified atom stereocenters. The van der Waals surface area contributed by atoms with Crippen molar-refractivity contribution in [3.63, 3.8) is 0 Å². The summed E-state index contributed by atoms with van der Waals surface area (Å²) in [5.41, 5.74) is 2.17. The SMILES string of the molecule is CNC(=O)Nc1cn2nc(-c3cncnc3)ccc2n1. The summed E-state index contributed by atoms with van der Waals surface area (Å²) in [6, 6.07) is 3.31. The van der Waals surface area contributed by atoms with Gasteiger partial charge in [0.05, 0.1) is 11.9 Å². The molecule has 8 nitrogen and oxygen atoms in total. The van der Waals surface area contributed by atoms with Gasteiger partial charge in [-0.1, -0.05) is 0 Å². The van der Waals surface area contributed by atoms with E-state index in [0.717, 1.165) is 11.3 Å². The smallest absolute Gasteiger partial charge is 0.320 e. The molecule has 0 aliphatic rings. The van der Waals surface area contributed by atoms with Crippen molar-refractivity contribution >= 4 is 17.5 Å². The first-order valence-corrected chi connectivity index (χ1v) is 5.87. The molecular weight excluding hydrogens is 258 g/mol. The van der Waals surface area contributed by atoms with Crippen molar-refractivity contribution in [2.75, 3.05) is 12.4 Å². The zero-order valence-electron chi connectivity index (χ0n) is 10.6. The van der Waals surface area contributed by atoms with E-state index in [1.165, 1.54) is 13.4 Å². The van der Waals surface area contributed by atoms with Crippen LogP contribution in [0.5, 0.6) is 0 Å². The van der Waals surface area contributed by atoms with Gasteiger partial charge in [-0.25, -0.2) is 24.3 Å². The van der Waals surface area contributed by atoms with Crippen LogP contribution in [0.2, 0.25) is 0 Å². The molecular formula is C12H11N7O. The van der Waals surface area contributed by atoms with Gasteiger partial charge in [0, 0.05) is 25.0 Å². The van der Waals surface area contributed by atoms with Crippen LogP contribution in [0.15, 0.2) is 37.1 Å². The predicted octanol–water partition coefficient (Wildman–Crippen LogP) is 0.938. The fourth-order valence-corrected chi connectivity index (χ4v) is 1.71. The molecule has 0 saturated carbocycles. The second-order valence-electron chi connectivity index (χ2n) is 3.98. The summed E-state index contributed by atoms with van der Waals surface area (Å²) in [5.74, 6) is 0.429. The Kier molecular flexibility index (Phi) is 2.96. The number of rotatable bonds is 2. The van der Waals surface area contributed by atoms with Crippen LogP contribution in [0.1, 0.15) is 0 Å². The maximum atomic E-state index is 11.2. The van der Waals surface area contributed by atoms with Gasteiger partial charge in [0.15, 0.2) is 11.5 Å². The Morgan fingerprint density at radius 3 is 2.80 bits per heavy atom. The quantitative estimate of drug-likeness (QED) is 0.721. The number of hydrogen-bond donors (Lipinski definition) is 2. The molecule has 3 aromatic rings.